The Morgan fingerprint density at radius 1 is 1.10 bits per heavy atom. The predicted octanol–water partition coefficient (Wildman–Crippen LogP) is 2.25. The molecule has 0 spiro atoms. The van der Waals surface area contributed by atoms with Crippen molar-refractivity contribution in [2.24, 2.45) is 0 Å². The lowest BCUT2D eigenvalue weighted by Gasteiger charge is -2.10. The Bertz CT molecular complexity index is 654. The van der Waals surface area contributed by atoms with E-state index >= 15 is 0 Å². The van der Waals surface area contributed by atoms with Crippen LogP contribution in [0.1, 0.15) is 20.8 Å². The summed E-state index contributed by atoms with van der Waals surface area (Å²) in [6.07, 6.45) is 3.13. The van der Waals surface area contributed by atoms with Gasteiger partial charge in [-0.1, -0.05) is 24.3 Å². The van der Waals surface area contributed by atoms with Crippen LogP contribution in [-0.4, -0.2) is 23.3 Å². The van der Waals surface area contributed by atoms with Crippen molar-refractivity contribution in [1.29, 1.82) is 0 Å². The third-order valence-corrected chi connectivity index (χ3v) is 2.72. The molecule has 0 unspecified atom stereocenters. The number of para-hydroxylation sites is 1. The van der Waals surface area contributed by atoms with Gasteiger partial charge in [0, 0.05) is 12.7 Å². The van der Waals surface area contributed by atoms with E-state index in [0.29, 0.717) is 23.5 Å². The highest BCUT2D eigenvalue weighted by atomic mass is 16.2. The number of rotatable bonds is 5. The van der Waals surface area contributed by atoms with Crippen molar-refractivity contribution in [2.45, 2.75) is 0 Å². The number of aromatic nitrogens is 1. The van der Waals surface area contributed by atoms with E-state index in [0.717, 1.165) is 0 Å². The van der Waals surface area contributed by atoms with Crippen molar-refractivity contribution in [1.82, 2.24) is 10.3 Å². The number of anilines is 1. The van der Waals surface area contributed by atoms with Gasteiger partial charge in [-0.25, -0.2) is 0 Å². The molecular formula is C16H15N3O2. The maximum absolute atomic E-state index is 12.1. The molecule has 0 aliphatic carbocycles. The molecule has 0 bridgehead atoms. The molecule has 2 amide bonds. The topological polar surface area (TPSA) is 71.1 Å². The normalized spacial score (nSPS) is 9.71. The maximum atomic E-state index is 12.1. The van der Waals surface area contributed by atoms with Gasteiger partial charge in [-0.3, -0.25) is 14.6 Å². The Labute approximate surface area is 122 Å². The summed E-state index contributed by atoms with van der Waals surface area (Å²) in [6, 6.07) is 11.9. The molecule has 106 valence electrons. The molecule has 1 aromatic heterocycles. The van der Waals surface area contributed by atoms with E-state index in [9.17, 15) is 9.59 Å². The van der Waals surface area contributed by atoms with Gasteiger partial charge in [-0.15, -0.1) is 6.58 Å². The third-order valence-electron chi connectivity index (χ3n) is 2.72. The van der Waals surface area contributed by atoms with E-state index in [1.54, 1.807) is 48.5 Å². The molecule has 1 heterocycles. The number of nitrogens with zero attached hydrogens (tertiary/aromatic N) is 1. The summed E-state index contributed by atoms with van der Waals surface area (Å²) in [6.45, 7) is 3.91. The predicted molar refractivity (Wildman–Crippen MR) is 81.2 cm³/mol. The Kier molecular flexibility index (Phi) is 4.82. The lowest BCUT2D eigenvalue weighted by molar-refractivity contribution is 0.0959. The number of hydrogen-bond acceptors (Lipinski definition) is 3. The number of benzene rings is 1. The van der Waals surface area contributed by atoms with Crippen molar-refractivity contribution >= 4 is 17.5 Å². The second-order valence-corrected chi connectivity index (χ2v) is 4.21. The zero-order chi connectivity index (χ0) is 15.1. The average molecular weight is 281 g/mol. The van der Waals surface area contributed by atoms with Gasteiger partial charge in [0.15, 0.2) is 0 Å². The zero-order valence-electron chi connectivity index (χ0n) is 11.4. The fourth-order valence-electron chi connectivity index (χ4n) is 1.73. The van der Waals surface area contributed by atoms with Gasteiger partial charge in [0.1, 0.15) is 5.69 Å². The first-order chi connectivity index (χ1) is 10.2. The highest BCUT2D eigenvalue weighted by Crippen LogP contribution is 2.15. The number of carbonyl (C=O) groups is 2. The van der Waals surface area contributed by atoms with Gasteiger partial charge in [-0.05, 0) is 24.3 Å². The SMILES string of the molecule is C=CCNC(=O)c1ccccc1NC(=O)c1ccccn1. The van der Waals surface area contributed by atoms with Gasteiger partial charge in [0.05, 0.1) is 11.3 Å². The first-order valence-corrected chi connectivity index (χ1v) is 6.43. The van der Waals surface area contributed by atoms with E-state index in [2.05, 4.69) is 22.2 Å². The van der Waals surface area contributed by atoms with Gasteiger partial charge < -0.3 is 10.6 Å². The number of amides is 2. The van der Waals surface area contributed by atoms with Crippen molar-refractivity contribution in [3.05, 3.63) is 72.6 Å². The van der Waals surface area contributed by atoms with Crippen molar-refractivity contribution in [2.75, 3.05) is 11.9 Å². The largest absolute Gasteiger partial charge is 0.349 e. The van der Waals surface area contributed by atoms with Crippen LogP contribution in [0.3, 0.4) is 0 Å². The Balaban J connectivity index is 2.19. The first kappa shape index (κ1) is 14.5. The van der Waals surface area contributed by atoms with Crippen LogP contribution in [0.4, 0.5) is 5.69 Å². The van der Waals surface area contributed by atoms with Crippen LogP contribution in [-0.2, 0) is 0 Å². The summed E-state index contributed by atoms with van der Waals surface area (Å²) >= 11 is 0. The molecule has 2 rings (SSSR count). The Hall–Kier alpha value is -2.95. The highest BCUT2D eigenvalue weighted by molar-refractivity contribution is 6.08. The van der Waals surface area contributed by atoms with Crippen LogP contribution in [0.15, 0.2) is 61.3 Å². The van der Waals surface area contributed by atoms with Gasteiger partial charge in [0.25, 0.3) is 11.8 Å². The molecule has 5 nitrogen and oxygen atoms in total. The molecular weight excluding hydrogens is 266 g/mol. The van der Waals surface area contributed by atoms with Crippen molar-refractivity contribution in [3.63, 3.8) is 0 Å². The molecule has 0 aliphatic rings. The fraction of sp³-hybridized carbons (Fsp3) is 0.0625. The van der Waals surface area contributed by atoms with Gasteiger partial charge >= 0.3 is 0 Å². The lowest BCUT2D eigenvalue weighted by Crippen LogP contribution is -2.25. The minimum atomic E-state index is -0.362. The molecule has 0 radical (unpaired) electrons. The van der Waals surface area contributed by atoms with E-state index in [1.807, 2.05) is 0 Å². The fourth-order valence-corrected chi connectivity index (χ4v) is 1.73. The smallest absolute Gasteiger partial charge is 0.274 e. The average Bonchev–Trinajstić information content (AvgIpc) is 2.54. The number of carbonyl (C=O) groups excluding carboxylic acids is 2. The Morgan fingerprint density at radius 2 is 1.86 bits per heavy atom. The van der Waals surface area contributed by atoms with E-state index < -0.39 is 0 Å². The minimum Gasteiger partial charge on any atom is -0.349 e. The second kappa shape index (κ2) is 7.00. The maximum Gasteiger partial charge on any atom is 0.274 e. The number of hydrogen-bond donors (Lipinski definition) is 2. The first-order valence-electron chi connectivity index (χ1n) is 6.43. The van der Waals surface area contributed by atoms with Crippen LogP contribution in [0, 0.1) is 0 Å². The summed E-state index contributed by atoms with van der Waals surface area (Å²) in [5.41, 5.74) is 1.12. The number of pyridine rings is 1. The van der Waals surface area contributed by atoms with Crippen LogP contribution in [0.25, 0.3) is 0 Å². The minimum absolute atomic E-state index is 0.271. The van der Waals surface area contributed by atoms with Gasteiger partial charge in [0.2, 0.25) is 0 Å². The van der Waals surface area contributed by atoms with Crippen LogP contribution >= 0.6 is 0 Å². The second-order valence-electron chi connectivity index (χ2n) is 4.21. The zero-order valence-corrected chi connectivity index (χ0v) is 11.4. The lowest BCUT2D eigenvalue weighted by atomic mass is 10.1. The van der Waals surface area contributed by atoms with Crippen LogP contribution in [0.2, 0.25) is 0 Å². The highest BCUT2D eigenvalue weighted by Gasteiger charge is 2.13. The van der Waals surface area contributed by atoms with E-state index in [1.165, 1.54) is 6.20 Å². The summed E-state index contributed by atoms with van der Waals surface area (Å²) in [7, 11) is 0. The molecule has 1 aromatic carbocycles. The molecule has 0 saturated carbocycles. The molecule has 0 aliphatic heterocycles. The molecule has 21 heavy (non-hydrogen) atoms. The standard InChI is InChI=1S/C16H15N3O2/c1-2-10-18-15(20)12-7-3-4-8-13(12)19-16(21)14-9-5-6-11-17-14/h2-9,11H,1,10H2,(H,18,20)(H,19,21). The number of nitrogens with one attached hydrogen (secondary N) is 2. The summed E-state index contributed by atoms with van der Waals surface area (Å²) < 4.78 is 0. The Morgan fingerprint density at radius 3 is 2.57 bits per heavy atom. The molecule has 0 atom stereocenters. The van der Waals surface area contributed by atoms with Crippen LogP contribution < -0.4 is 10.6 Å². The molecule has 0 saturated heterocycles. The third kappa shape index (κ3) is 3.76. The molecule has 0 fully saturated rings. The van der Waals surface area contributed by atoms with Crippen molar-refractivity contribution in [3.8, 4) is 0 Å². The summed E-state index contributed by atoms with van der Waals surface area (Å²) in [5.74, 6) is -0.633. The summed E-state index contributed by atoms with van der Waals surface area (Å²) in [5, 5.41) is 5.37. The van der Waals surface area contributed by atoms with Gasteiger partial charge in [-0.2, -0.15) is 0 Å². The van der Waals surface area contributed by atoms with E-state index in [4.69, 9.17) is 0 Å². The molecule has 5 heteroatoms. The molecule has 2 N–H and O–H groups in total. The van der Waals surface area contributed by atoms with Crippen molar-refractivity contribution < 1.29 is 9.59 Å². The van der Waals surface area contributed by atoms with Crippen LogP contribution in [0.5, 0.6) is 0 Å². The van der Waals surface area contributed by atoms with E-state index in [-0.39, 0.29) is 11.8 Å². The summed E-state index contributed by atoms with van der Waals surface area (Å²) in [4.78, 5) is 28.1. The quantitative estimate of drug-likeness (QED) is 0.826. The monoisotopic (exact) mass is 281 g/mol. The molecule has 2 aromatic rings.